The molecule has 2 aromatic rings. The number of rotatable bonds is 5. The van der Waals surface area contributed by atoms with Crippen LogP contribution in [-0.2, 0) is 4.74 Å². The van der Waals surface area contributed by atoms with Crippen molar-refractivity contribution in [1.29, 1.82) is 0 Å². The predicted molar refractivity (Wildman–Crippen MR) is 85.1 cm³/mol. The van der Waals surface area contributed by atoms with Crippen LogP contribution in [0.5, 0.6) is 5.88 Å². The number of para-hydroxylation sites is 2. The first-order valence-electron chi connectivity index (χ1n) is 7.39. The fourth-order valence-electron chi connectivity index (χ4n) is 2.29. The molecule has 1 amide bonds. The van der Waals surface area contributed by atoms with Crippen LogP contribution in [0.4, 0.5) is 11.4 Å². The van der Waals surface area contributed by atoms with Crippen molar-refractivity contribution in [3.63, 3.8) is 0 Å². The highest BCUT2D eigenvalue weighted by Gasteiger charge is 2.19. The summed E-state index contributed by atoms with van der Waals surface area (Å²) < 4.78 is 10.8. The van der Waals surface area contributed by atoms with Gasteiger partial charge >= 0.3 is 0 Å². The number of hydrogen-bond acceptors (Lipinski definition) is 6. The van der Waals surface area contributed by atoms with Gasteiger partial charge in [-0.1, -0.05) is 12.1 Å². The van der Waals surface area contributed by atoms with E-state index in [1.807, 2.05) is 0 Å². The van der Waals surface area contributed by atoms with Crippen LogP contribution in [0.25, 0.3) is 0 Å². The van der Waals surface area contributed by atoms with E-state index in [-0.39, 0.29) is 23.0 Å². The normalized spacial score (nSPS) is 16.6. The van der Waals surface area contributed by atoms with Crippen LogP contribution in [0.2, 0.25) is 0 Å². The average Bonchev–Trinajstić information content (AvgIpc) is 3.09. The number of anilines is 1. The molecule has 0 bridgehead atoms. The number of nitrogens with zero attached hydrogens (tertiary/aromatic N) is 2. The van der Waals surface area contributed by atoms with Crippen molar-refractivity contribution >= 4 is 17.3 Å². The fraction of sp³-hybridized carbons (Fsp3) is 0.250. The first-order valence-corrected chi connectivity index (χ1v) is 7.39. The molecule has 8 nitrogen and oxygen atoms in total. The molecular weight excluding hydrogens is 314 g/mol. The number of amides is 1. The van der Waals surface area contributed by atoms with E-state index in [4.69, 9.17) is 9.47 Å². The van der Waals surface area contributed by atoms with Crippen molar-refractivity contribution in [2.75, 3.05) is 18.5 Å². The number of nitrogens with one attached hydrogen (secondary N) is 1. The molecule has 0 saturated carbocycles. The molecule has 0 aliphatic carbocycles. The predicted octanol–water partition coefficient (Wildman–Crippen LogP) is 2.41. The third-order valence-electron chi connectivity index (χ3n) is 3.52. The second-order valence-electron chi connectivity index (χ2n) is 5.22. The maximum absolute atomic E-state index is 12.2. The largest absolute Gasteiger partial charge is 0.472 e. The molecule has 1 aromatic heterocycles. The Morgan fingerprint density at radius 2 is 2.17 bits per heavy atom. The smallest absolute Gasteiger partial charge is 0.292 e. The number of hydrogen-bond donors (Lipinski definition) is 1. The summed E-state index contributed by atoms with van der Waals surface area (Å²) in [6.07, 6.45) is 2.15. The maximum Gasteiger partial charge on any atom is 0.292 e. The Kier molecular flexibility index (Phi) is 4.66. The molecule has 0 spiro atoms. The molecule has 0 radical (unpaired) electrons. The number of carbonyl (C=O) groups is 1. The number of carbonyl (C=O) groups excluding carboxylic acids is 1. The minimum Gasteiger partial charge on any atom is -0.472 e. The Morgan fingerprint density at radius 1 is 1.33 bits per heavy atom. The van der Waals surface area contributed by atoms with Crippen LogP contribution in [0.15, 0.2) is 42.6 Å². The number of nitro benzene ring substituents is 1. The third-order valence-corrected chi connectivity index (χ3v) is 3.52. The summed E-state index contributed by atoms with van der Waals surface area (Å²) in [5.74, 6) is -0.0692. The standard InChI is InChI=1S/C16H15N3O5/c20-16(18-13-3-1-2-4-14(13)19(21)22)11-5-6-15(17-9-11)24-12-7-8-23-10-12/h1-6,9,12H,7-8,10H2,(H,18,20). The van der Waals surface area contributed by atoms with Gasteiger partial charge in [0.05, 0.1) is 23.7 Å². The van der Waals surface area contributed by atoms with Gasteiger partial charge in [-0.25, -0.2) is 4.98 Å². The molecule has 1 aliphatic heterocycles. The highest BCUT2D eigenvalue weighted by atomic mass is 16.6. The number of nitro groups is 1. The van der Waals surface area contributed by atoms with E-state index in [1.54, 1.807) is 18.2 Å². The number of pyridine rings is 1. The molecule has 1 aromatic carbocycles. The van der Waals surface area contributed by atoms with Crippen LogP contribution < -0.4 is 10.1 Å². The molecule has 3 rings (SSSR count). The Bertz CT molecular complexity index is 742. The average molecular weight is 329 g/mol. The molecule has 1 fully saturated rings. The van der Waals surface area contributed by atoms with Gasteiger partial charge in [-0.3, -0.25) is 14.9 Å². The van der Waals surface area contributed by atoms with E-state index in [0.29, 0.717) is 19.1 Å². The van der Waals surface area contributed by atoms with Gasteiger partial charge in [0.15, 0.2) is 0 Å². The van der Waals surface area contributed by atoms with Crippen molar-refractivity contribution in [2.24, 2.45) is 0 Å². The van der Waals surface area contributed by atoms with E-state index in [0.717, 1.165) is 6.42 Å². The van der Waals surface area contributed by atoms with Crippen LogP contribution >= 0.6 is 0 Å². The lowest BCUT2D eigenvalue weighted by Gasteiger charge is -2.11. The second-order valence-corrected chi connectivity index (χ2v) is 5.22. The highest BCUT2D eigenvalue weighted by molar-refractivity contribution is 6.05. The number of benzene rings is 1. The quantitative estimate of drug-likeness (QED) is 0.667. The molecule has 124 valence electrons. The lowest BCUT2D eigenvalue weighted by Crippen LogP contribution is -2.17. The molecule has 1 unspecified atom stereocenters. The molecule has 1 aliphatic rings. The summed E-state index contributed by atoms with van der Waals surface area (Å²) in [6.45, 7) is 1.20. The fourth-order valence-corrected chi connectivity index (χ4v) is 2.29. The van der Waals surface area contributed by atoms with E-state index < -0.39 is 10.8 Å². The maximum atomic E-state index is 12.2. The summed E-state index contributed by atoms with van der Waals surface area (Å²) in [4.78, 5) is 26.7. The molecule has 8 heteroatoms. The van der Waals surface area contributed by atoms with E-state index in [1.165, 1.54) is 24.4 Å². The van der Waals surface area contributed by atoms with Crippen LogP contribution in [0.3, 0.4) is 0 Å². The van der Waals surface area contributed by atoms with Gasteiger partial charge < -0.3 is 14.8 Å². The molecule has 1 N–H and O–H groups in total. The molecule has 1 saturated heterocycles. The van der Waals surface area contributed by atoms with Crippen molar-refractivity contribution in [1.82, 2.24) is 4.98 Å². The number of aromatic nitrogens is 1. The van der Waals surface area contributed by atoms with Crippen molar-refractivity contribution < 1.29 is 19.2 Å². The zero-order valence-electron chi connectivity index (χ0n) is 12.7. The van der Waals surface area contributed by atoms with Crippen LogP contribution in [0, 0.1) is 10.1 Å². The van der Waals surface area contributed by atoms with Gasteiger partial charge in [-0.2, -0.15) is 0 Å². The topological polar surface area (TPSA) is 104 Å². The lowest BCUT2D eigenvalue weighted by molar-refractivity contribution is -0.383. The Balaban J connectivity index is 1.68. The van der Waals surface area contributed by atoms with E-state index in [2.05, 4.69) is 10.3 Å². The van der Waals surface area contributed by atoms with Crippen molar-refractivity contribution in [3.05, 3.63) is 58.3 Å². The Morgan fingerprint density at radius 3 is 2.83 bits per heavy atom. The highest BCUT2D eigenvalue weighted by Crippen LogP contribution is 2.24. The second kappa shape index (κ2) is 7.05. The summed E-state index contributed by atoms with van der Waals surface area (Å²) in [7, 11) is 0. The lowest BCUT2D eigenvalue weighted by atomic mass is 10.2. The summed E-state index contributed by atoms with van der Waals surface area (Å²) >= 11 is 0. The minimum atomic E-state index is -0.547. The van der Waals surface area contributed by atoms with Gasteiger partial charge in [0.25, 0.3) is 11.6 Å². The summed E-state index contributed by atoms with van der Waals surface area (Å²) in [6, 6.07) is 9.10. The Hall–Kier alpha value is -3.00. The van der Waals surface area contributed by atoms with Gasteiger partial charge in [-0.05, 0) is 12.1 Å². The first kappa shape index (κ1) is 15.9. The zero-order valence-corrected chi connectivity index (χ0v) is 12.7. The Labute approximate surface area is 137 Å². The third kappa shape index (κ3) is 3.66. The monoisotopic (exact) mass is 329 g/mol. The summed E-state index contributed by atoms with van der Waals surface area (Å²) in [5, 5.41) is 13.5. The van der Waals surface area contributed by atoms with Crippen LogP contribution in [-0.4, -0.2) is 35.1 Å². The SMILES string of the molecule is O=C(Nc1ccccc1[N+](=O)[O-])c1ccc(OC2CCOC2)nc1. The van der Waals surface area contributed by atoms with Gasteiger partial charge in [0.2, 0.25) is 5.88 Å². The van der Waals surface area contributed by atoms with Gasteiger partial charge in [0.1, 0.15) is 11.8 Å². The van der Waals surface area contributed by atoms with E-state index >= 15 is 0 Å². The van der Waals surface area contributed by atoms with Gasteiger partial charge in [-0.15, -0.1) is 0 Å². The first-order chi connectivity index (χ1) is 11.6. The molecular formula is C16H15N3O5. The van der Waals surface area contributed by atoms with Gasteiger partial charge in [0, 0.05) is 24.8 Å². The van der Waals surface area contributed by atoms with Crippen molar-refractivity contribution in [3.8, 4) is 5.88 Å². The van der Waals surface area contributed by atoms with Crippen molar-refractivity contribution in [2.45, 2.75) is 12.5 Å². The summed E-state index contributed by atoms with van der Waals surface area (Å²) in [5.41, 5.74) is 0.249. The number of ether oxygens (including phenoxy) is 2. The van der Waals surface area contributed by atoms with E-state index in [9.17, 15) is 14.9 Å². The molecule has 2 heterocycles. The molecule has 1 atom stereocenters. The molecule has 24 heavy (non-hydrogen) atoms. The minimum absolute atomic E-state index is 0.0239. The van der Waals surface area contributed by atoms with Crippen LogP contribution in [0.1, 0.15) is 16.8 Å². The zero-order chi connectivity index (χ0) is 16.9.